The maximum atomic E-state index is 3.93. The van der Waals surface area contributed by atoms with E-state index >= 15 is 0 Å². The van der Waals surface area contributed by atoms with Crippen LogP contribution < -0.4 is 0 Å². The quantitative estimate of drug-likeness (QED) is 0.652. The topological polar surface area (TPSA) is 17.8 Å². The highest BCUT2D eigenvalue weighted by atomic mass is 15.2. The van der Waals surface area contributed by atoms with E-state index in [1.165, 1.54) is 18.5 Å². The average Bonchev–Trinajstić information content (AvgIpc) is 2.55. The molecule has 2 nitrogen and oxygen atoms in total. The van der Waals surface area contributed by atoms with Gasteiger partial charge in [0.05, 0.1) is 0 Å². The van der Waals surface area contributed by atoms with Crippen molar-refractivity contribution in [3.8, 4) is 0 Å². The third kappa shape index (κ3) is 9.12. The molecule has 0 radical (unpaired) electrons. The Kier molecular flexibility index (Phi) is 12.7. The highest BCUT2D eigenvalue weighted by Crippen LogP contribution is 1.88. The van der Waals surface area contributed by atoms with Gasteiger partial charge in [0, 0.05) is 18.9 Å². The molecule has 0 aromatic carbocycles. The Morgan fingerprint density at radius 1 is 1.23 bits per heavy atom. The van der Waals surface area contributed by atoms with Gasteiger partial charge >= 0.3 is 0 Å². The van der Waals surface area contributed by atoms with Crippen molar-refractivity contribution in [3.05, 3.63) is 18.0 Å². The summed E-state index contributed by atoms with van der Waals surface area (Å²) in [6, 6.07) is 1.97. The summed E-state index contributed by atoms with van der Waals surface area (Å²) in [5.41, 5.74) is 1.19. The third-order valence-corrected chi connectivity index (χ3v) is 1.57. The molecule has 0 aliphatic carbocycles. The van der Waals surface area contributed by atoms with Crippen LogP contribution in [0.1, 0.15) is 46.2 Å². The van der Waals surface area contributed by atoms with Gasteiger partial charge in [0.25, 0.3) is 0 Å². The van der Waals surface area contributed by atoms with Crippen LogP contribution in [0.15, 0.2) is 12.3 Å². The van der Waals surface area contributed by atoms with E-state index in [0.717, 1.165) is 0 Å². The molecular weight excluding hydrogens is 160 g/mol. The van der Waals surface area contributed by atoms with E-state index in [1.54, 1.807) is 6.20 Å². The molecule has 1 rings (SSSR count). The van der Waals surface area contributed by atoms with E-state index in [-0.39, 0.29) is 0 Å². The van der Waals surface area contributed by atoms with Crippen molar-refractivity contribution in [2.24, 2.45) is 7.05 Å². The van der Waals surface area contributed by atoms with Crippen LogP contribution >= 0.6 is 0 Å². The number of unbranched alkanes of at least 4 members (excludes halogenated alkanes) is 1. The number of rotatable bonds is 1. The second-order valence-corrected chi connectivity index (χ2v) is 2.60. The van der Waals surface area contributed by atoms with Gasteiger partial charge in [0.15, 0.2) is 0 Å². The second-order valence-electron chi connectivity index (χ2n) is 2.60. The molecule has 0 saturated heterocycles. The lowest BCUT2D eigenvalue weighted by atomic mass is 10.4. The second kappa shape index (κ2) is 11.2. The first kappa shape index (κ1) is 14.7. The fourth-order valence-electron chi connectivity index (χ4n) is 0.440. The van der Waals surface area contributed by atoms with Crippen LogP contribution in [-0.4, -0.2) is 9.78 Å². The van der Waals surface area contributed by atoms with Gasteiger partial charge in [-0.15, -0.1) is 0 Å². The zero-order valence-electron chi connectivity index (χ0n) is 9.96. The number of aromatic nitrogens is 2. The fourth-order valence-corrected chi connectivity index (χ4v) is 0.440. The van der Waals surface area contributed by atoms with Crippen molar-refractivity contribution >= 4 is 0 Å². The van der Waals surface area contributed by atoms with Gasteiger partial charge < -0.3 is 0 Å². The molecule has 0 aliphatic rings. The minimum Gasteiger partial charge on any atom is -0.273 e. The van der Waals surface area contributed by atoms with Crippen LogP contribution in [0.3, 0.4) is 0 Å². The molecule has 0 unspecified atom stereocenters. The molecule has 1 heterocycles. The Morgan fingerprint density at radius 2 is 1.69 bits per heavy atom. The van der Waals surface area contributed by atoms with E-state index in [9.17, 15) is 0 Å². The number of aryl methyl sites for hydroxylation is 2. The van der Waals surface area contributed by atoms with Gasteiger partial charge in [0.2, 0.25) is 0 Å². The van der Waals surface area contributed by atoms with Gasteiger partial charge in [-0.25, -0.2) is 0 Å². The smallest absolute Gasteiger partial charge is 0.0492 e. The van der Waals surface area contributed by atoms with E-state index in [4.69, 9.17) is 0 Å². The summed E-state index contributed by atoms with van der Waals surface area (Å²) in [5.74, 6) is 0. The van der Waals surface area contributed by atoms with Crippen molar-refractivity contribution in [2.75, 3.05) is 0 Å². The lowest BCUT2D eigenvalue weighted by molar-refractivity contribution is 0.740. The van der Waals surface area contributed by atoms with Crippen LogP contribution in [-0.2, 0) is 7.05 Å². The summed E-state index contributed by atoms with van der Waals surface area (Å²) in [7, 11) is 1.93. The monoisotopic (exact) mass is 184 g/mol. The van der Waals surface area contributed by atoms with Crippen molar-refractivity contribution in [3.63, 3.8) is 0 Å². The lowest BCUT2D eigenvalue weighted by Crippen LogP contribution is -1.90. The molecule has 0 aliphatic heterocycles. The molecule has 0 spiro atoms. The Balaban J connectivity index is 0. The molecule has 13 heavy (non-hydrogen) atoms. The summed E-state index contributed by atoms with van der Waals surface area (Å²) in [6.45, 7) is 10.4. The zero-order chi connectivity index (χ0) is 10.7. The molecule has 78 valence electrons. The Morgan fingerprint density at radius 3 is 1.77 bits per heavy atom. The molecule has 0 saturated carbocycles. The predicted molar refractivity (Wildman–Crippen MR) is 59.9 cm³/mol. The Bertz CT molecular complexity index is 161. The molecule has 0 amide bonds. The first-order valence-electron chi connectivity index (χ1n) is 5.17. The number of nitrogens with zero attached hydrogens (tertiary/aromatic N) is 2. The summed E-state index contributed by atoms with van der Waals surface area (Å²) in [6.07, 6.45) is 4.43. The van der Waals surface area contributed by atoms with Crippen molar-refractivity contribution in [2.45, 2.75) is 47.5 Å². The van der Waals surface area contributed by atoms with Crippen molar-refractivity contribution < 1.29 is 0 Å². The van der Waals surface area contributed by atoms with Gasteiger partial charge in [-0.05, 0) is 13.0 Å². The first-order valence-corrected chi connectivity index (χ1v) is 5.17. The zero-order valence-corrected chi connectivity index (χ0v) is 9.96. The van der Waals surface area contributed by atoms with Gasteiger partial charge in [-0.2, -0.15) is 5.10 Å². The summed E-state index contributed by atoms with van der Waals surface area (Å²) >= 11 is 0. The van der Waals surface area contributed by atoms with E-state index in [0.29, 0.717) is 0 Å². The van der Waals surface area contributed by atoms with Crippen LogP contribution in [0.25, 0.3) is 0 Å². The Hall–Kier alpha value is -0.790. The van der Waals surface area contributed by atoms with E-state index in [2.05, 4.69) is 18.9 Å². The summed E-state index contributed by atoms with van der Waals surface area (Å²) < 4.78 is 1.83. The van der Waals surface area contributed by atoms with Gasteiger partial charge in [-0.1, -0.05) is 40.5 Å². The van der Waals surface area contributed by atoms with Crippen molar-refractivity contribution in [1.29, 1.82) is 0 Å². The number of hydrogen-bond donors (Lipinski definition) is 0. The third-order valence-electron chi connectivity index (χ3n) is 1.57. The minimum atomic E-state index is 1.19. The molecule has 0 bridgehead atoms. The van der Waals surface area contributed by atoms with Crippen LogP contribution in [0.2, 0.25) is 0 Å². The van der Waals surface area contributed by atoms with Crippen molar-refractivity contribution in [1.82, 2.24) is 9.78 Å². The predicted octanol–water partition coefficient (Wildman–Crippen LogP) is 3.56. The van der Waals surface area contributed by atoms with Gasteiger partial charge in [0.1, 0.15) is 0 Å². The summed E-state index contributed by atoms with van der Waals surface area (Å²) in [5, 5.41) is 3.93. The average molecular weight is 184 g/mol. The Labute approximate surface area is 83.0 Å². The van der Waals surface area contributed by atoms with Gasteiger partial charge in [-0.3, -0.25) is 4.68 Å². The molecule has 1 aromatic rings. The molecule has 2 heteroatoms. The highest BCUT2D eigenvalue weighted by Gasteiger charge is 1.83. The molecule has 0 fully saturated rings. The molecule has 1 aromatic heterocycles. The first-order chi connectivity index (χ1) is 6.22. The maximum Gasteiger partial charge on any atom is 0.0492 e. The standard InChI is InChI=1S/C5H8N2.C4H10.C2H6/c1-5-3-4-6-7(5)2;1-3-4-2;1-2/h3-4H,1-2H3;3-4H2,1-2H3;1-2H3. The number of hydrogen-bond acceptors (Lipinski definition) is 1. The molecular formula is C11H24N2. The SMILES string of the molecule is CC.CCCC.Cc1ccnn1C. The lowest BCUT2D eigenvalue weighted by Gasteiger charge is -1.87. The van der Waals surface area contributed by atoms with Crippen LogP contribution in [0, 0.1) is 6.92 Å². The van der Waals surface area contributed by atoms with E-state index < -0.39 is 0 Å². The largest absolute Gasteiger partial charge is 0.273 e. The fraction of sp³-hybridized carbons (Fsp3) is 0.727. The summed E-state index contributed by atoms with van der Waals surface area (Å²) in [4.78, 5) is 0. The van der Waals surface area contributed by atoms with Crippen LogP contribution in [0.4, 0.5) is 0 Å². The maximum absolute atomic E-state index is 3.93. The molecule has 0 N–H and O–H groups in total. The minimum absolute atomic E-state index is 1.19. The highest BCUT2D eigenvalue weighted by molar-refractivity contribution is 4.94. The molecule has 0 atom stereocenters. The van der Waals surface area contributed by atoms with E-state index in [1.807, 2.05) is 38.6 Å². The van der Waals surface area contributed by atoms with Crippen LogP contribution in [0.5, 0.6) is 0 Å². The normalized spacial score (nSPS) is 7.85.